The third-order valence-electron chi connectivity index (χ3n) is 3.42. The van der Waals surface area contributed by atoms with Crippen molar-refractivity contribution >= 4 is 5.91 Å². The SMILES string of the molecule is NCC1(C(=O)N(CCO)CC(F)F)CCCC1. The van der Waals surface area contributed by atoms with E-state index in [1.165, 1.54) is 0 Å². The van der Waals surface area contributed by atoms with Gasteiger partial charge in [0.05, 0.1) is 18.6 Å². The summed E-state index contributed by atoms with van der Waals surface area (Å²) in [4.78, 5) is 13.3. The van der Waals surface area contributed by atoms with Crippen LogP contribution in [0.5, 0.6) is 0 Å². The molecule has 0 aromatic heterocycles. The molecule has 17 heavy (non-hydrogen) atoms. The number of hydrogen-bond acceptors (Lipinski definition) is 3. The van der Waals surface area contributed by atoms with Gasteiger partial charge in [0.15, 0.2) is 0 Å². The Bertz CT molecular complexity index is 256. The van der Waals surface area contributed by atoms with Gasteiger partial charge in [-0.25, -0.2) is 8.78 Å². The molecule has 100 valence electrons. The minimum Gasteiger partial charge on any atom is -0.395 e. The van der Waals surface area contributed by atoms with Crippen molar-refractivity contribution < 1.29 is 18.7 Å². The summed E-state index contributed by atoms with van der Waals surface area (Å²) in [5.74, 6) is -0.327. The van der Waals surface area contributed by atoms with E-state index in [4.69, 9.17) is 10.8 Å². The van der Waals surface area contributed by atoms with Crippen LogP contribution in [-0.4, -0.2) is 48.6 Å². The number of aliphatic hydroxyl groups excluding tert-OH is 1. The lowest BCUT2D eigenvalue weighted by Gasteiger charge is -2.33. The molecule has 6 heteroatoms. The fourth-order valence-electron chi connectivity index (χ4n) is 2.46. The van der Waals surface area contributed by atoms with Crippen LogP contribution in [0.25, 0.3) is 0 Å². The highest BCUT2D eigenvalue weighted by molar-refractivity contribution is 5.83. The summed E-state index contributed by atoms with van der Waals surface area (Å²) in [6.07, 6.45) is 0.553. The van der Waals surface area contributed by atoms with E-state index in [1.807, 2.05) is 0 Å². The van der Waals surface area contributed by atoms with E-state index in [0.29, 0.717) is 12.8 Å². The van der Waals surface area contributed by atoms with Crippen molar-refractivity contribution in [3.05, 3.63) is 0 Å². The fraction of sp³-hybridized carbons (Fsp3) is 0.909. The first-order valence-electron chi connectivity index (χ1n) is 5.94. The van der Waals surface area contributed by atoms with Crippen LogP contribution in [0.15, 0.2) is 0 Å². The second-order valence-corrected chi connectivity index (χ2v) is 4.56. The molecule has 1 aliphatic carbocycles. The summed E-state index contributed by atoms with van der Waals surface area (Å²) in [6, 6.07) is 0. The molecule has 0 atom stereocenters. The fourth-order valence-corrected chi connectivity index (χ4v) is 2.46. The maximum Gasteiger partial charge on any atom is 0.255 e. The van der Waals surface area contributed by atoms with Gasteiger partial charge in [-0.2, -0.15) is 0 Å². The number of hydrogen-bond donors (Lipinski definition) is 2. The van der Waals surface area contributed by atoms with Crippen molar-refractivity contribution in [2.24, 2.45) is 11.1 Å². The van der Waals surface area contributed by atoms with Crippen LogP contribution >= 0.6 is 0 Å². The Morgan fingerprint density at radius 3 is 2.41 bits per heavy atom. The summed E-state index contributed by atoms with van der Waals surface area (Å²) >= 11 is 0. The van der Waals surface area contributed by atoms with Crippen LogP contribution in [0.2, 0.25) is 0 Å². The molecule has 1 saturated carbocycles. The van der Waals surface area contributed by atoms with Crippen molar-refractivity contribution in [1.29, 1.82) is 0 Å². The molecule has 0 radical (unpaired) electrons. The third-order valence-corrected chi connectivity index (χ3v) is 3.42. The summed E-state index contributed by atoms with van der Waals surface area (Å²) < 4.78 is 24.8. The second-order valence-electron chi connectivity index (χ2n) is 4.56. The van der Waals surface area contributed by atoms with Gasteiger partial charge in [0.25, 0.3) is 6.43 Å². The minimum absolute atomic E-state index is 0.0507. The van der Waals surface area contributed by atoms with Crippen LogP contribution in [0.1, 0.15) is 25.7 Å². The van der Waals surface area contributed by atoms with E-state index in [9.17, 15) is 13.6 Å². The molecular formula is C11H20F2N2O2. The highest BCUT2D eigenvalue weighted by Crippen LogP contribution is 2.38. The summed E-state index contributed by atoms with van der Waals surface area (Å²) in [5, 5.41) is 8.83. The number of nitrogens with zero attached hydrogens (tertiary/aromatic N) is 1. The van der Waals surface area contributed by atoms with Gasteiger partial charge in [0.2, 0.25) is 5.91 Å². The predicted octanol–water partition coefficient (Wildman–Crippen LogP) is 0.591. The highest BCUT2D eigenvalue weighted by Gasteiger charge is 2.42. The molecule has 1 aliphatic rings. The van der Waals surface area contributed by atoms with Crippen LogP contribution in [0, 0.1) is 5.41 Å². The van der Waals surface area contributed by atoms with E-state index in [-0.39, 0.29) is 25.6 Å². The monoisotopic (exact) mass is 250 g/mol. The predicted molar refractivity (Wildman–Crippen MR) is 59.6 cm³/mol. The number of carbonyl (C=O) groups excluding carboxylic acids is 1. The molecule has 0 spiro atoms. The molecule has 0 bridgehead atoms. The van der Waals surface area contributed by atoms with E-state index >= 15 is 0 Å². The van der Waals surface area contributed by atoms with Gasteiger partial charge < -0.3 is 15.7 Å². The molecule has 0 aliphatic heterocycles. The highest BCUT2D eigenvalue weighted by atomic mass is 19.3. The van der Waals surface area contributed by atoms with Gasteiger partial charge in [-0.1, -0.05) is 12.8 Å². The second kappa shape index (κ2) is 6.26. The molecule has 3 N–H and O–H groups in total. The van der Waals surface area contributed by atoms with Crippen molar-refractivity contribution in [1.82, 2.24) is 4.90 Å². The summed E-state index contributed by atoms with van der Waals surface area (Å²) in [7, 11) is 0. The first-order chi connectivity index (χ1) is 8.05. The molecule has 0 unspecified atom stereocenters. The number of alkyl halides is 2. The Morgan fingerprint density at radius 1 is 1.41 bits per heavy atom. The number of amides is 1. The summed E-state index contributed by atoms with van der Waals surface area (Å²) in [6.45, 7) is -0.790. The van der Waals surface area contributed by atoms with Crippen LogP contribution in [0.4, 0.5) is 8.78 Å². The third kappa shape index (κ3) is 3.35. The molecule has 0 saturated heterocycles. The number of nitrogens with two attached hydrogens (primary N) is 1. The number of rotatable bonds is 6. The number of aliphatic hydroxyl groups is 1. The summed E-state index contributed by atoms with van der Waals surface area (Å²) in [5.41, 5.74) is 4.96. The van der Waals surface area contributed by atoms with Gasteiger partial charge in [0.1, 0.15) is 0 Å². The number of halogens is 2. The molecule has 0 heterocycles. The average molecular weight is 250 g/mol. The van der Waals surface area contributed by atoms with Crippen molar-refractivity contribution in [2.45, 2.75) is 32.1 Å². The van der Waals surface area contributed by atoms with Gasteiger partial charge in [-0.15, -0.1) is 0 Å². The zero-order chi connectivity index (χ0) is 12.9. The van der Waals surface area contributed by atoms with E-state index in [0.717, 1.165) is 17.7 Å². The topological polar surface area (TPSA) is 66.6 Å². The lowest BCUT2D eigenvalue weighted by molar-refractivity contribution is -0.144. The number of carbonyl (C=O) groups is 1. The van der Waals surface area contributed by atoms with Crippen LogP contribution < -0.4 is 5.73 Å². The van der Waals surface area contributed by atoms with Gasteiger partial charge in [0, 0.05) is 13.1 Å². The molecule has 1 rings (SSSR count). The quantitative estimate of drug-likeness (QED) is 0.725. The molecule has 4 nitrogen and oxygen atoms in total. The first-order valence-corrected chi connectivity index (χ1v) is 5.94. The maximum atomic E-state index is 12.4. The smallest absolute Gasteiger partial charge is 0.255 e. The van der Waals surface area contributed by atoms with E-state index < -0.39 is 18.4 Å². The Morgan fingerprint density at radius 2 is 2.00 bits per heavy atom. The molecule has 0 aromatic rings. The standard InChI is InChI=1S/C11H20F2N2O2/c12-9(13)7-15(5-6-16)10(17)11(8-14)3-1-2-4-11/h9,16H,1-8,14H2. The van der Waals surface area contributed by atoms with Crippen molar-refractivity contribution in [3.8, 4) is 0 Å². The molecule has 1 fully saturated rings. The van der Waals surface area contributed by atoms with Crippen LogP contribution in [-0.2, 0) is 4.79 Å². The Hall–Kier alpha value is -0.750. The van der Waals surface area contributed by atoms with E-state index in [1.54, 1.807) is 0 Å². The zero-order valence-corrected chi connectivity index (χ0v) is 9.87. The van der Waals surface area contributed by atoms with Crippen molar-refractivity contribution in [2.75, 3.05) is 26.2 Å². The van der Waals surface area contributed by atoms with Crippen LogP contribution in [0.3, 0.4) is 0 Å². The molecule has 0 aromatic carbocycles. The average Bonchev–Trinajstić information content (AvgIpc) is 2.76. The Kier molecular flexibility index (Phi) is 5.27. The molecule has 1 amide bonds. The zero-order valence-electron chi connectivity index (χ0n) is 9.87. The van der Waals surface area contributed by atoms with Gasteiger partial charge in [-0.05, 0) is 12.8 Å². The largest absolute Gasteiger partial charge is 0.395 e. The Balaban J connectivity index is 2.74. The van der Waals surface area contributed by atoms with Gasteiger partial charge in [-0.3, -0.25) is 4.79 Å². The maximum absolute atomic E-state index is 12.4. The van der Waals surface area contributed by atoms with Gasteiger partial charge >= 0.3 is 0 Å². The lowest BCUT2D eigenvalue weighted by Crippen LogP contribution is -2.49. The lowest BCUT2D eigenvalue weighted by atomic mass is 9.84. The minimum atomic E-state index is -2.58. The first kappa shape index (κ1) is 14.3. The Labute approximate surface area is 99.8 Å². The normalized spacial score (nSPS) is 18.6. The van der Waals surface area contributed by atoms with E-state index in [2.05, 4.69) is 0 Å². The van der Waals surface area contributed by atoms with Crippen molar-refractivity contribution in [3.63, 3.8) is 0 Å². The molecular weight excluding hydrogens is 230 g/mol.